The van der Waals surface area contributed by atoms with Gasteiger partial charge in [0.25, 0.3) is 0 Å². The van der Waals surface area contributed by atoms with E-state index in [1.807, 2.05) is 45.3 Å². The van der Waals surface area contributed by atoms with Crippen molar-refractivity contribution >= 4 is 92.7 Å². The molecule has 0 aliphatic heterocycles. The minimum Gasteiger partial charge on any atom is -0.293 e. The van der Waals surface area contributed by atoms with Gasteiger partial charge < -0.3 is 0 Å². The molecule has 5 aromatic heterocycles. The van der Waals surface area contributed by atoms with Gasteiger partial charge in [-0.05, 0) is 84.3 Å². The summed E-state index contributed by atoms with van der Waals surface area (Å²) in [7, 11) is 0. The van der Waals surface area contributed by atoms with E-state index >= 15 is 0 Å². The van der Waals surface area contributed by atoms with Crippen molar-refractivity contribution in [3.63, 3.8) is 0 Å². The Morgan fingerprint density at radius 1 is 0.463 bits per heavy atom. The lowest BCUT2D eigenvalue weighted by Gasteiger charge is -2.03. The van der Waals surface area contributed by atoms with Gasteiger partial charge in [-0.15, -0.1) is 56.7 Å². The highest BCUT2D eigenvalue weighted by molar-refractivity contribution is 7.33. The Labute approximate surface area is 346 Å². The van der Waals surface area contributed by atoms with Crippen LogP contribution >= 0.6 is 56.7 Å². The molecule has 0 N–H and O–H groups in total. The second kappa shape index (κ2) is 22.2. The maximum absolute atomic E-state index is 13.8. The first-order valence-electron chi connectivity index (χ1n) is 21.7. The second-order valence-corrected chi connectivity index (χ2v) is 20.6. The Kier molecular flexibility index (Phi) is 17.2. The average molecular weight is 817 g/mol. The number of rotatable bonds is 27. The number of unbranched alkanes of at least 4 members (excludes halogenated alkanes) is 18. The molecule has 6 heteroatoms. The zero-order valence-corrected chi connectivity index (χ0v) is 37.5. The molecule has 0 amide bonds. The predicted molar refractivity (Wildman–Crippen MR) is 250 cm³/mol. The lowest BCUT2D eigenvalue weighted by Crippen LogP contribution is -1.95. The number of aryl methyl sites for hydroxylation is 2. The van der Waals surface area contributed by atoms with Crippen LogP contribution in [0.1, 0.15) is 183 Å². The van der Waals surface area contributed by atoms with E-state index in [4.69, 9.17) is 0 Å². The maximum Gasteiger partial charge on any atom is 0.172 e. The first-order chi connectivity index (χ1) is 26.6. The summed E-state index contributed by atoms with van der Waals surface area (Å²) in [5.41, 5.74) is 3.01. The molecule has 0 unspecified atom stereocenters. The molecule has 1 aromatic carbocycles. The fourth-order valence-electron chi connectivity index (χ4n) is 8.05. The third-order valence-electron chi connectivity index (χ3n) is 11.3. The molecule has 0 aliphatic carbocycles. The average Bonchev–Trinajstić information content (AvgIpc) is 4.02. The van der Waals surface area contributed by atoms with Crippen LogP contribution in [0, 0.1) is 0 Å². The fraction of sp³-hybridized carbons (Fsp3) is 0.562. The quantitative estimate of drug-likeness (QED) is 0.0374. The topological polar surface area (TPSA) is 17.1 Å². The minimum atomic E-state index is 0.340. The summed E-state index contributed by atoms with van der Waals surface area (Å²) in [6.07, 6.45) is 30.7. The van der Waals surface area contributed by atoms with Crippen molar-refractivity contribution in [3.05, 3.63) is 57.1 Å². The summed E-state index contributed by atoms with van der Waals surface area (Å²) in [5.74, 6) is 0.340. The number of hydrogen-bond donors (Lipinski definition) is 0. The highest BCUT2D eigenvalue weighted by Gasteiger charge is 2.22. The largest absolute Gasteiger partial charge is 0.293 e. The van der Waals surface area contributed by atoms with Crippen molar-refractivity contribution in [1.29, 1.82) is 0 Å². The summed E-state index contributed by atoms with van der Waals surface area (Å²) in [5, 5.41) is 8.57. The summed E-state index contributed by atoms with van der Waals surface area (Å²) in [6, 6.07) is 11.9. The van der Waals surface area contributed by atoms with Crippen LogP contribution in [0.4, 0.5) is 0 Å². The predicted octanol–water partition coefficient (Wildman–Crippen LogP) is 18.7. The Hall–Kier alpha value is -1.83. The second-order valence-electron chi connectivity index (χ2n) is 15.6. The smallest absolute Gasteiger partial charge is 0.172 e. The van der Waals surface area contributed by atoms with Crippen LogP contribution in [-0.2, 0) is 12.8 Å². The van der Waals surface area contributed by atoms with Gasteiger partial charge in [0.1, 0.15) is 0 Å². The SMILES string of the molecule is CCCCCCCCCCCCCCCC(=O)c1cc2c3cc(-c4sccc4CCCCCC)sc3c3sc(-c4sccc4CCCCCC)cc3c2s1. The normalized spacial score (nSPS) is 12.0. The molecule has 54 heavy (non-hydrogen) atoms. The van der Waals surface area contributed by atoms with Crippen LogP contribution in [-0.4, -0.2) is 5.78 Å². The van der Waals surface area contributed by atoms with E-state index in [1.54, 1.807) is 11.3 Å². The molecule has 1 nitrogen and oxygen atoms in total. The zero-order chi connectivity index (χ0) is 37.5. The van der Waals surface area contributed by atoms with Crippen molar-refractivity contribution in [2.45, 2.75) is 175 Å². The van der Waals surface area contributed by atoms with Crippen LogP contribution < -0.4 is 0 Å². The third kappa shape index (κ3) is 11.0. The monoisotopic (exact) mass is 816 g/mol. The standard InChI is InChI=1S/C48H64OS5/c1-4-7-10-13-14-15-16-17-18-19-20-21-24-27-40(49)41-32-37-38-33-42(44-35(28-30-50-44)25-22-11-8-5-2)53-47(38)48-39(46(37)52-41)34-43(54-48)45-36(29-31-51-45)26-23-12-9-6-3/h28-34H,4-27H2,1-3H3. The molecule has 6 rings (SSSR count). The molecule has 0 atom stereocenters. The highest BCUT2D eigenvalue weighted by atomic mass is 32.1. The molecule has 5 heterocycles. The molecule has 0 saturated carbocycles. The molecular weight excluding hydrogens is 753 g/mol. The van der Waals surface area contributed by atoms with E-state index in [-0.39, 0.29) is 0 Å². The molecule has 0 saturated heterocycles. The minimum absolute atomic E-state index is 0.340. The first kappa shape index (κ1) is 41.8. The molecule has 0 aliphatic rings. The number of carbonyl (C=O) groups is 1. The molecule has 0 spiro atoms. The van der Waals surface area contributed by atoms with Crippen molar-refractivity contribution in [1.82, 2.24) is 0 Å². The Bertz CT molecular complexity index is 1890. The van der Waals surface area contributed by atoms with E-state index in [0.29, 0.717) is 12.2 Å². The van der Waals surface area contributed by atoms with Crippen LogP contribution in [0.15, 0.2) is 41.1 Å². The van der Waals surface area contributed by atoms with Gasteiger partial charge in [-0.1, -0.05) is 136 Å². The van der Waals surface area contributed by atoms with Gasteiger partial charge >= 0.3 is 0 Å². The Balaban J connectivity index is 1.19. The van der Waals surface area contributed by atoms with Gasteiger partial charge in [-0.3, -0.25) is 4.79 Å². The van der Waals surface area contributed by atoms with Gasteiger partial charge in [-0.25, -0.2) is 0 Å². The highest BCUT2D eigenvalue weighted by Crippen LogP contribution is 2.51. The third-order valence-corrected chi connectivity index (χ3v) is 17.2. The number of ketones is 1. The van der Waals surface area contributed by atoms with Gasteiger partial charge in [0.15, 0.2) is 5.78 Å². The molecule has 0 bridgehead atoms. The van der Waals surface area contributed by atoms with E-state index < -0.39 is 0 Å². The van der Waals surface area contributed by atoms with E-state index in [2.05, 4.69) is 61.9 Å². The van der Waals surface area contributed by atoms with Crippen LogP contribution in [0.2, 0.25) is 0 Å². The summed E-state index contributed by atoms with van der Waals surface area (Å²) in [4.78, 5) is 20.4. The lowest BCUT2D eigenvalue weighted by atomic mass is 10.0. The number of hydrogen-bond acceptors (Lipinski definition) is 6. The van der Waals surface area contributed by atoms with Crippen LogP contribution in [0.25, 0.3) is 49.8 Å². The van der Waals surface area contributed by atoms with E-state index in [9.17, 15) is 4.79 Å². The van der Waals surface area contributed by atoms with E-state index in [0.717, 1.165) is 24.1 Å². The zero-order valence-electron chi connectivity index (χ0n) is 33.5. The van der Waals surface area contributed by atoms with E-state index in [1.165, 1.54) is 189 Å². The maximum atomic E-state index is 13.8. The number of fused-ring (bicyclic) bond motifs is 6. The van der Waals surface area contributed by atoms with Crippen LogP contribution in [0.5, 0.6) is 0 Å². The summed E-state index contributed by atoms with van der Waals surface area (Å²) in [6.45, 7) is 6.88. The van der Waals surface area contributed by atoms with Gasteiger partial charge in [0.05, 0.1) is 14.3 Å². The number of benzene rings is 1. The number of Topliss-reactive ketones (excluding diaryl/α,β-unsaturated/α-hetero) is 1. The lowest BCUT2D eigenvalue weighted by molar-refractivity contribution is 0.0983. The summed E-state index contributed by atoms with van der Waals surface area (Å²) >= 11 is 9.54. The molecule has 6 aromatic rings. The molecule has 0 radical (unpaired) electrons. The van der Waals surface area contributed by atoms with Gasteiger partial charge in [0, 0.05) is 46.8 Å². The fourth-order valence-corrected chi connectivity index (χ4v) is 14.0. The number of thiophene rings is 5. The Morgan fingerprint density at radius 3 is 1.41 bits per heavy atom. The van der Waals surface area contributed by atoms with Crippen molar-refractivity contribution in [2.24, 2.45) is 0 Å². The number of carbonyl (C=O) groups excluding carboxylic acids is 1. The van der Waals surface area contributed by atoms with Gasteiger partial charge in [-0.2, -0.15) is 0 Å². The molecule has 0 fully saturated rings. The van der Waals surface area contributed by atoms with Gasteiger partial charge in [0.2, 0.25) is 0 Å². The van der Waals surface area contributed by atoms with Crippen LogP contribution in [0.3, 0.4) is 0 Å². The first-order valence-corrected chi connectivity index (χ1v) is 25.9. The van der Waals surface area contributed by atoms with Crippen molar-refractivity contribution in [2.75, 3.05) is 0 Å². The van der Waals surface area contributed by atoms with Crippen molar-refractivity contribution < 1.29 is 4.79 Å². The molecular formula is C48H64OS5. The summed E-state index contributed by atoms with van der Waals surface area (Å²) < 4.78 is 4.13. The molecule has 292 valence electrons. The van der Waals surface area contributed by atoms with Crippen molar-refractivity contribution in [3.8, 4) is 19.5 Å². The Morgan fingerprint density at radius 2 is 0.889 bits per heavy atom.